The third-order valence-electron chi connectivity index (χ3n) is 6.55. The van der Waals surface area contributed by atoms with E-state index in [2.05, 4.69) is 29.2 Å². The molecule has 8 nitrogen and oxygen atoms in total. The Bertz CT molecular complexity index is 873. The van der Waals surface area contributed by atoms with Crippen LogP contribution in [0.3, 0.4) is 0 Å². The van der Waals surface area contributed by atoms with Gasteiger partial charge in [-0.15, -0.1) is 0 Å². The summed E-state index contributed by atoms with van der Waals surface area (Å²) in [5, 5.41) is 4.46. The number of rotatable bonds is 3. The third kappa shape index (κ3) is 2.67. The lowest BCUT2D eigenvalue weighted by Gasteiger charge is -2.56. The molecular weight excluding hydrogens is 358 g/mol. The molecule has 1 aromatic heterocycles. The smallest absolute Gasteiger partial charge is 0.312 e. The fourth-order valence-corrected chi connectivity index (χ4v) is 5.01. The lowest BCUT2D eigenvalue weighted by molar-refractivity contribution is -0.230. The first-order valence-corrected chi connectivity index (χ1v) is 9.69. The van der Waals surface area contributed by atoms with Crippen molar-refractivity contribution in [3.63, 3.8) is 0 Å². The van der Waals surface area contributed by atoms with Crippen LogP contribution in [0.25, 0.3) is 10.9 Å². The van der Waals surface area contributed by atoms with Crippen LogP contribution in [0, 0.1) is 0 Å². The van der Waals surface area contributed by atoms with E-state index in [1.807, 2.05) is 24.3 Å². The highest BCUT2D eigenvalue weighted by atomic mass is 17.2. The maximum Gasteiger partial charge on any atom is 0.442 e. The van der Waals surface area contributed by atoms with E-state index in [1.165, 1.54) is 7.11 Å². The van der Waals surface area contributed by atoms with Crippen LogP contribution >= 0.6 is 0 Å². The molecule has 2 fully saturated rings. The Morgan fingerprint density at radius 2 is 2.07 bits per heavy atom. The zero-order chi connectivity index (χ0) is 19.8. The fourth-order valence-electron chi connectivity index (χ4n) is 5.01. The SMILES string of the molecule is COOC(=O)N1CCNCC1(c1ncnc2ccccc12)C1(C)CCCN1C. The summed E-state index contributed by atoms with van der Waals surface area (Å²) in [6.07, 6.45) is 3.10. The minimum absolute atomic E-state index is 0.329. The Kier molecular flexibility index (Phi) is 4.95. The molecule has 1 N–H and O–H groups in total. The van der Waals surface area contributed by atoms with E-state index in [4.69, 9.17) is 14.8 Å². The largest absolute Gasteiger partial charge is 0.442 e. The van der Waals surface area contributed by atoms with Crippen LogP contribution in [-0.2, 0) is 15.3 Å². The number of fused-ring (bicyclic) bond motifs is 1. The molecule has 2 atom stereocenters. The quantitative estimate of drug-likeness (QED) is 0.639. The lowest BCUT2D eigenvalue weighted by atomic mass is 9.70. The predicted molar refractivity (Wildman–Crippen MR) is 105 cm³/mol. The zero-order valence-electron chi connectivity index (χ0n) is 16.6. The number of carbonyl (C=O) groups excluding carboxylic acids is 1. The van der Waals surface area contributed by atoms with Crippen molar-refractivity contribution in [1.29, 1.82) is 0 Å². The van der Waals surface area contributed by atoms with Crippen LogP contribution < -0.4 is 5.32 Å². The van der Waals surface area contributed by atoms with Gasteiger partial charge < -0.3 is 5.32 Å². The van der Waals surface area contributed by atoms with Crippen LogP contribution in [0.5, 0.6) is 0 Å². The Hall–Kier alpha value is -2.29. The van der Waals surface area contributed by atoms with Crippen molar-refractivity contribution in [2.45, 2.75) is 30.8 Å². The average molecular weight is 385 g/mol. The monoisotopic (exact) mass is 385 g/mol. The van der Waals surface area contributed by atoms with Crippen LogP contribution in [0.4, 0.5) is 4.79 Å². The normalized spacial score (nSPS) is 28.6. The van der Waals surface area contributed by atoms with Crippen molar-refractivity contribution >= 4 is 17.0 Å². The van der Waals surface area contributed by atoms with Gasteiger partial charge in [-0.2, -0.15) is 4.89 Å². The molecule has 2 aliphatic heterocycles. The number of carbonyl (C=O) groups is 1. The Morgan fingerprint density at radius 3 is 2.82 bits per heavy atom. The molecule has 1 amide bonds. The number of hydrogen-bond donors (Lipinski definition) is 1. The van der Waals surface area contributed by atoms with Crippen LogP contribution in [0.2, 0.25) is 0 Å². The fraction of sp³-hybridized carbons (Fsp3) is 0.550. The zero-order valence-corrected chi connectivity index (χ0v) is 16.6. The molecule has 2 saturated heterocycles. The molecule has 0 bridgehead atoms. The average Bonchev–Trinajstić information content (AvgIpc) is 3.07. The van der Waals surface area contributed by atoms with Crippen molar-refractivity contribution in [3.05, 3.63) is 36.3 Å². The van der Waals surface area contributed by atoms with Crippen molar-refractivity contribution < 1.29 is 14.6 Å². The summed E-state index contributed by atoms with van der Waals surface area (Å²) in [6, 6.07) is 7.95. The molecule has 4 rings (SSSR count). The maximum atomic E-state index is 13.0. The third-order valence-corrected chi connectivity index (χ3v) is 6.55. The standard InChI is InChI=1S/C20H27N5O3/c1-19(9-6-11-24(19)2)20(13-21-10-12-25(20)18(26)28-27-3)17-15-7-4-5-8-16(15)22-14-23-17/h4-5,7-8,14,21H,6,9-13H2,1-3H3. The van der Waals surface area contributed by atoms with Gasteiger partial charge in [0, 0.05) is 30.6 Å². The van der Waals surface area contributed by atoms with Gasteiger partial charge in [0.1, 0.15) is 11.9 Å². The van der Waals surface area contributed by atoms with Gasteiger partial charge in [0.15, 0.2) is 0 Å². The Labute approximate surface area is 164 Å². The molecule has 2 unspecified atom stereocenters. The Balaban J connectivity index is 2.00. The van der Waals surface area contributed by atoms with E-state index in [-0.39, 0.29) is 5.54 Å². The number of amides is 1. The highest BCUT2D eigenvalue weighted by molar-refractivity contribution is 5.83. The van der Waals surface area contributed by atoms with Crippen molar-refractivity contribution in [3.8, 4) is 0 Å². The number of hydrogen-bond acceptors (Lipinski definition) is 7. The summed E-state index contributed by atoms with van der Waals surface area (Å²) in [4.78, 5) is 36.1. The van der Waals surface area contributed by atoms with E-state index < -0.39 is 11.6 Å². The number of likely N-dealkylation sites (tertiary alicyclic amines) is 1. The van der Waals surface area contributed by atoms with Gasteiger partial charge in [-0.25, -0.2) is 14.8 Å². The van der Waals surface area contributed by atoms with Crippen molar-refractivity contribution in [2.24, 2.45) is 0 Å². The number of para-hydroxylation sites is 1. The first kappa shape index (κ1) is 19.0. The van der Waals surface area contributed by atoms with Gasteiger partial charge in [-0.05, 0) is 39.4 Å². The second-order valence-corrected chi connectivity index (χ2v) is 7.74. The first-order valence-electron chi connectivity index (χ1n) is 9.69. The molecule has 3 heterocycles. The van der Waals surface area contributed by atoms with Crippen molar-refractivity contribution in [2.75, 3.05) is 40.3 Å². The summed E-state index contributed by atoms with van der Waals surface area (Å²) < 4.78 is 0. The number of likely N-dealkylation sites (N-methyl/N-ethyl adjacent to an activating group) is 1. The number of nitrogens with one attached hydrogen (secondary N) is 1. The van der Waals surface area contributed by atoms with Crippen molar-refractivity contribution in [1.82, 2.24) is 25.1 Å². The molecule has 2 aromatic rings. The van der Waals surface area contributed by atoms with E-state index in [0.717, 1.165) is 36.0 Å². The van der Waals surface area contributed by atoms with E-state index in [0.29, 0.717) is 19.6 Å². The second kappa shape index (κ2) is 7.27. The molecule has 0 aliphatic carbocycles. The number of nitrogens with zero attached hydrogens (tertiary/aromatic N) is 4. The van der Waals surface area contributed by atoms with Crippen LogP contribution in [0.15, 0.2) is 30.6 Å². The summed E-state index contributed by atoms with van der Waals surface area (Å²) in [6.45, 7) is 4.95. The number of aromatic nitrogens is 2. The molecule has 1 aromatic carbocycles. The molecule has 0 radical (unpaired) electrons. The summed E-state index contributed by atoms with van der Waals surface area (Å²) in [7, 11) is 3.47. The summed E-state index contributed by atoms with van der Waals surface area (Å²) in [5.41, 5.74) is 0.648. The number of benzene rings is 1. The van der Waals surface area contributed by atoms with Crippen LogP contribution in [0.1, 0.15) is 25.5 Å². The maximum absolute atomic E-state index is 13.0. The second-order valence-electron chi connectivity index (χ2n) is 7.74. The highest BCUT2D eigenvalue weighted by Gasteiger charge is 2.61. The molecule has 28 heavy (non-hydrogen) atoms. The molecule has 0 saturated carbocycles. The van der Waals surface area contributed by atoms with Gasteiger partial charge in [-0.3, -0.25) is 14.7 Å². The highest BCUT2D eigenvalue weighted by Crippen LogP contribution is 2.49. The van der Waals surface area contributed by atoms with Gasteiger partial charge in [0.2, 0.25) is 0 Å². The van der Waals surface area contributed by atoms with E-state index >= 15 is 0 Å². The molecule has 8 heteroatoms. The van der Waals surface area contributed by atoms with Gasteiger partial charge >= 0.3 is 6.09 Å². The first-order chi connectivity index (χ1) is 13.5. The topological polar surface area (TPSA) is 79.8 Å². The minimum atomic E-state index is -0.728. The Morgan fingerprint density at radius 1 is 1.25 bits per heavy atom. The summed E-state index contributed by atoms with van der Waals surface area (Å²) >= 11 is 0. The minimum Gasteiger partial charge on any atom is -0.312 e. The van der Waals surface area contributed by atoms with E-state index in [9.17, 15) is 4.79 Å². The van der Waals surface area contributed by atoms with Gasteiger partial charge in [0.25, 0.3) is 0 Å². The molecular formula is C20H27N5O3. The summed E-state index contributed by atoms with van der Waals surface area (Å²) in [5.74, 6) is 0. The van der Waals surface area contributed by atoms with Crippen LogP contribution in [-0.4, -0.2) is 71.7 Å². The molecule has 0 spiro atoms. The van der Waals surface area contributed by atoms with Gasteiger partial charge in [0.05, 0.1) is 18.3 Å². The predicted octanol–water partition coefficient (Wildman–Crippen LogP) is 1.91. The lowest BCUT2D eigenvalue weighted by Crippen LogP contribution is -2.73. The van der Waals surface area contributed by atoms with E-state index in [1.54, 1.807) is 11.2 Å². The molecule has 2 aliphatic rings. The van der Waals surface area contributed by atoms with Gasteiger partial charge in [-0.1, -0.05) is 18.2 Å². The molecule has 150 valence electrons. The number of piperazine rings is 1.